The average Bonchev–Trinajstić information content (AvgIpc) is 2.49. The van der Waals surface area contributed by atoms with Crippen LogP contribution in [0.4, 0.5) is 17.6 Å². The van der Waals surface area contributed by atoms with Crippen LogP contribution < -0.4 is 4.74 Å². The van der Waals surface area contributed by atoms with Gasteiger partial charge in [0.2, 0.25) is 17.4 Å². The molecule has 110 valence electrons. The van der Waals surface area contributed by atoms with E-state index in [1.807, 2.05) is 0 Å². The van der Waals surface area contributed by atoms with E-state index in [4.69, 9.17) is 4.74 Å². The highest BCUT2D eigenvalue weighted by Crippen LogP contribution is 2.29. The number of hydrogen-bond donors (Lipinski definition) is 0. The number of nitrogens with zero attached hydrogens (tertiary/aromatic N) is 1. The highest BCUT2D eigenvalue weighted by molar-refractivity contribution is 5.89. The maximum atomic E-state index is 13.3. The van der Waals surface area contributed by atoms with Gasteiger partial charge >= 0.3 is 5.97 Å². The summed E-state index contributed by atoms with van der Waals surface area (Å²) in [6.45, 7) is 0. The van der Waals surface area contributed by atoms with E-state index < -0.39 is 35.2 Å². The van der Waals surface area contributed by atoms with E-state index in [0.717, 1.165) is 0 Å². The number of aromatic nitrogens is 1. The Hall–Kier alpha value is -2.64. The second-order valence-electron chi connectivity index (χ2n) is 3.77. The zero-order valence-electron chi connectivity index (χ0n) is 10.5. The molecule has 0 bridgehead atoms. The smallest absolute Gasteiger partial charge is 0.337 e. The molecule has 0 spiro atoms. The molecule has 1 aromatic heterocycles. The molecule has 21 heavy (non-hydrogen) atoms. The third-order valence-corrected chi connectivity index (χ3v) is 2.45. The molecule has 8 heteroatoms. The first kappa shape index (κ1) is 14.8. The molecule has 0 unspecified atom stereocenters. The van der Waals surface area contributed by atoms with Gasteiger partial charge in [-0.05, 0) is 24.3 Å². The van der Waals surface area contributed by atoms with Gasteiger partial charge in [-0.3, -0.25) is 0 Å². The van der Waals surface area contributed by atoms with Gasteiger partial charge in [0.1, 0.15) is 5.75 Å². The Morgan fingerprint density at radius 3 is 2.00 bits per heavy atom. The molecule has 1 heterocycles. The van der Waals surface area contributed by atoms with Crippen molar-refractivity contribution in [2.24, 2.45) is 0 Å². The molecule has 2 aromatic rings. The first-order chi connectivity index (χ1) is 9.93. The number of carbonyl (C=O) groups excluding carboxylic acids is 1. The molecule has 0 aliphatic rings. The summed E-state index contributed by atoms with van der Waals surface area (Å²) >= 11 is 0. The van der Waals surface area contributed by atoms with Crippen molar-refractivity contribution in [2.75, 3.05) is 7.11 Å². The van der Waals surface area contributed by atoms with Crippen LogP contribution in [0.3, 0.4) is 0 Å². The summed E-state index contributed by atoms with van der Waals surface area (Å²) in [5.41, 5.74) is 0.165. The Kier molecular flexibility index (Phi) is 4.06. The van der Waals surface area contributed by atoms with Crippen molar-refractivity contribution in [1.82, 2.24) is 4.98 Å². The van der Waals surface area contributed by atoms with Crippen molar-refractivity contribution in [2.45, 2.75) is 0 Å². The normalized spacial score (nSPS) is 10.3. The van der Waals surface area contributed by atoms with Crippen LogP contribution in [0.25, 0.3) is 0 Å². The van der Waals surface area contributed by atoms with Crippen LogP contribution in [0, 0.1) is 23.5 Å². The molecule has 2 rings (SSSR count). The summed E-state index contributed by atoms with van der Waals surface area (Å²) in [6, 6.07) is 4.87. The summed E-state index contributed by atoms with van der Waals surface area (Å²) in [4.78, 5) is 13.6. The van der Waals surface area contributed by atoms with E-state index in [2.05, 4.69) is 9.72 Å². The Balaban J connectivity index is 2.33. The minimum absolute atomic E-state index is 0.134. The number of carbonyl (C=O) groups is 1. The minimum Gasteiger partial charge on any atom is -0.465 e. The van der Waals surface area contributed by atoms with Gasteiger partial charge in [-0.15, -0.1) is 0 Å². The molecular formula is C13H7F4NO3. The lowest BCUT2D eigenvalue weighted by Gasteiger charge is -2.08. The molecule has 4 nitrogen and oxygen atoms in total. The summed E-state index contributed by atoms with van der Waals surface area (Å²) in [6.07, 6.45) is 0. The summed E-state index contributed by atoms with van der Waals surface area (Å²) in [5.74, 6) is -9.18. The number of pyridine rings is 1. The maximum Gasteiger partial charge on any atom is 0.337 e. The molecule has 0 aliphatic heterocycles. The quantitative estimate of drug-likeness (QED) is 0.496. The van der Waals surface area contributed by atoms with Crippen LogP contribution in [-0.2, 0) is 4.74 Å². The van der Waals surface area contributed by atoms with E-state index in [1.54, 1.807) is 0 Å². The Bertz CT molecular complexity index is 663. The van der Waals surface area contributed by atoms with Gasteiger partial charge in [0.25, 0.3) is 11.9 Å². The lowest BCUT2D eigenvalue weighted by Crippen LogP contribution is -2.04. The van der Waals surface area contributed by atoms with Crippen molar-refractivity contribution < 1.29 is 31.8 Å². The van der Waals surface area contributed by atoms with Gasteiger partial charge in [0.05, 0.1) is 12.7 Å². The van der Waals surface area contributed by atoms with Crippen molar-refractivity contribution in [3.8, 4) is 11.5 Å². The van der Waals surface area contributed by atoms with Gasteiger partial charge in [-0.25, -0.2) is 4.79 Å². The van der Waals surface area contributed by atoms with Crippen molar-refractivity contribution >= 4 is 5.97 Å². The van der Waals surface area contributed by atoms with Crippen LogP contribution >= 0.6 is 0 Å². The molecule has 0 radical (unpaired) electrons. The standard InChI is InChI=1S/C13H7F4NO3/c1-20-13(19)6-2-4-7(5-3-6)21-10-8(14)11(16)18-12(17)9(10)15/h2-5H,1H3. The molecular weight excluding hydrogens is 294 g/mol. The van der Waals surface area contributed by atoms with Crippen LogP contribution in [0.5, 0.6) is 11.5 Å². The number of esters is 1. The number of benzene rings is 1. The predicted octanol–water partition coefficient (Wildman–Crippen LogP) is 3.22. The number of hydrogen-bond acceptors (Lipinski definition) is 4. The van der Waals surface area contributed by atoms with Crippen LogP contribution in [0.1, 0.15) is 10.4 Å². The number of halogens is 4. The fourth-order valence-corrected chi connectivity index (χ4v) is 1.45. The molecule has 0 amide bonds. The molecule has 1 aromatic carbocycles. The maximum absolute atomic E-state index is 13.3. The van der Waals surface area contributed by atoms with E-state index in [9.17, 15) is 22.4 Å². The lowest BCUT2D eigenvalue weighted by molar-refractivity contribution is 0.0600. The fourth-order valence-electron chi connectivity index (χ4n) is 1.45. The molecule has 0 atom stereocenters. The largest absolute Gasteiger partial charge is 0.465 e. The van der Waals surface area contributed by atoms with Crippen LogP contribution in [-0.4, -0.2) is 18.1 Å². The van der Waals surface area contributed by atoms with Crippen LogP contribution in [0.15, 0.2) is 24.3 Å². The van der Waals surface area contributed by atoms with Gasteiger partial charge in [0, 0.05) is 0 Å². The zero-order chi connectivity index (χ0) is 15.6. The SMILES string of the molecule is COC(=O)c1ccc(Oc2c(F)c(F)nc(F)c2F)cc1. The first-order valence-electron chi connectivity index (χ1n) is 5.50. The number of rotatable bonds is 3. The predicted molar refractivity (Wildman–Crippen MR) is 61.9 cm³/mol. The molecule has 0 aliphatic carbocycles. The minimum atomic E-state index is -1.82. The van der Waals surface area contributed by atoms with Gasteiger partial charge in [-0.2, -0.15) is 22.5 Å². The molecule has 0 fully saturated rings. The Morgan fingerprint density at radius 1 is 1.00 bits per heavy atom. The summed E-state index contributed by atoms with van der Waals surface area (Å²) < 4.78 is 61.7. The van der Waals surface area contributed by atoms with E-state index >= 15 is 0 Å². The Labute approximate surface area is 115 Å². The monoisotopic (exact) mass is 301 g/mol. The topological polar surface area (TPSA) is 48.4 Å². The fraction of sp³-hybridized carbons (Fsp3) is 0.0769. The van der Waals surface area contributed by atoms with Gasteiger partial charge in [-0.1, -0.05) is 0 Å². The second-order valence-corrected chi connectivity index (χ2v) is 3.77. The van der Waals surface area contributed by atoms with Crippen molar-refractivity contribution in [3.05, 3.63) is 53.4 Å². The Morgan fingerprint density at radius 2 is 1.52 bits per heavy atom. The van der Waals surface area contributed by atoms with E-state index in [1.165, 1.54) is 31.4 Å². The number of methoxy groups -OCH3 is 1. The van der Waals surface area contributed by atoms with Gasteiger partial charge in [0.15, 0.2) is 0 Å². The third kappa shape index (κ3) is 2.93. The van der Waals surface area contributed by atoms with Crippen molar-refractivity contribution in [3.63, 3.8) is 0 Å². The van der Waals surface area contributed by atoms with Gasteiger partial charge < -0.3 is 9.47 Å². The van der Waals surface area contributed by atoms with Crippen molar-refractivity contribution in [1.29, 1.82) is 0 Å². The molecule has 0 N–H and O–H groups in total. The zero-order valence-corrected chi connectivity index (χ0v) is 10.5. The van der Waals surface area contributed by atoms with Crippen LogP contribution in [0.2, 0.25) is 0 Å². The third-order valence-electron chi connectivity index (χ3n) is 2.45. The molecule has 0 saturated carbocycles. The highest BCUT2D eigenvalue weighted by atomic mass is 19.2. The lowest BCUT2D eigenvalue weighted by atomic mass is 10.2. The second kappa shape index (κ2) is 5.78. The van der Waals surface area contributed by atoms with E-state index in [-0.39, 0.29) is 11.3 Å². The summed E-state index contributed by atoms with van der Waals surface area (Å²) in [7, 11) is 1.18. The number of ether oxygens (including phenoxy) is 2. The van der Waals surface area contributed by atoms with E-state index in [0.29, 0.717) is 0 Å². The first-order valence-corrected chi connectivity index (χ1v) is 5.50. The highest BCUT2D eigenvalue weighted by Gasteiger charge is 2.22. The molecule has 0 saturated heterocycles. The summed E-state index contributed by atoms with van der Waals surface area (Å²) in [5, 5.41) is 0. The average molecular weight is 301 g/mol.